The van der Waals surface area contributed by atoms with E-state index in [2.05, 4.69) is 15.3 Å². The van der Waals surface area contributed by atoms with Crippen LogP contribution in [0.4, 0.5) is 10.8 Å². The second-order valence-corrected chi connectivity index (χ2v) is 5.34. The van der Waals surface area contributed by atoms with Gasteiger partial charge in [0.05, 0.1) is 5.69 Å². The highest BCUT2D eigenvalue weighted by molar-refractivity contribution is 7.21. The lowest BCUT2D eigenvalue weighted by molar-refractivity contribution is -0.114. The fourth-order valence-electron chi connectivity index (χ4n) is 1.92. The summed E-state index contributed by atoms with van der Waals surface area (Å²) in [6, 6.07) is 11.4. The van der Waals surface area contributed by atoms with Gasteiger partial charge in [0.15, 0.2) is 5.13 Å². The summed E-state index contributed by atoms with van der Waals surface area (Å²) in [5.41, 5.74) is 9.09. The number of hydrogen-bond donors (Lipinski definition) is 2. The van der Waals surface area contributed by atoms with Gasteiger partial charge in [-0.2, -0.15) is 0 Å². The van der Waals surface area contributed by atoms with Crippen molar-refractivity contribution in [1.82, 2.24) is 9.97 Å². The Labute approximate surface area is 119 Å². The number of anilines is 2. The fraction of sp³-hybridized carbons (Fsp3) is 0.0714. The second kappa shape index (κ2) is 4.90. The molecule has 0 radical (unpaired) electrons. The Balaban J connectivity index is 1.95. The van der Waals surface area contributed by atoms with Crippen molar-refractivity contribution >= 4 is 38.4 Å². The van der Waals surface area contributed by atoms with E-state index < -0.39 is 0 Å². The number of thiazole rings is 1. The molecule has 2 aromatic heterocycles. The molecule has 3 N–H and O–H groups in total. The fourth-order valence-corrected chi connectivity index (χ4v) is 2.63. The van der Waals surface area contributed by atoms with Crippen LogP contribution in [0, 0.1) is 0 Å². The van der Waals surface area contributed by atoms with E-state index in [4.69, 9.17) is 5.73 Å². The highest BCUT2D eigenvalue weighted by Crippen LogP contribution is 2.26. The van der Waals surface area contributed by atoms with Gasteiger partial charge in [-0.25, -0.2) is 9.97 Å². The first kappa shape index (κ1) is 12.6. The summed E-state index contributed by atoms with van der Waals surface area (Å²) in [5.74, 6) is -0.0857. The van der Waals surface area contributed by atoms with Gasteiger partial charge >= 0.3 is 0 Å². The number of aromatic nitrogens is 2. The highest BCUT2D eigenvalue weighted by Gasteiger charge is 2.06. The summed E-state index contributed by atoms with van der Waals surface area (Å²) in [4.78, 5) is 20.5. The molecule has 5 nitrogen and oxygen atoms in total. The van der Waals surface area contributed by atoms with Gasteiger partial charge in [-0.15, -0.1) is 0 Å². The summed E-state index contributed by atoms with van der Waals surface area (Å²) >= 11 is 1.37. The molecule has 3 aromatic rings. The number of pyridine rings is 1. The van der Waals surface area contributed by atoms with Crippen LogP contribution in [-0.4, -0.2) is 15.9 Å². The Kier molecular flexibility index (Phi) is 3.08. The summed E-state index contributed by atoms with van der Waals surface area (Å²) in [6.45, 7) is 1.48. The number of nitrogen functional groups attached to an aromatic ring is 1. The molecule has 2 heterocycles. The van der Waals surface area contributed by atoms with E-state index in [-0.39, 0.29) is 5.91 Å². The van der Waals surface area contributed by atoms with E-state index in [0.29, 0.717) is 5.13 Å². The van der Waals surface area contributed by atoms with Crippen LogP contribution in [0.5, 0.6) is 0 Å². The maximum absolute atomic E-state index is 11.0. The van der Waals surface area contributed by atoms with Crippen LogP contribution in [0.15, 0.2) is 36.4 Å². The van der Waals surface area contributed by atoms with Crippen LogP contribution in [0.3, 0.4) is 0 Å². The summed E-state index contributed by atoms with van der Waals surface area (Å²) in [6.07, 6.45) is 0. The smallest absolute Gasteiger partial charge is 0.221 e. The topological polar surface area (TPSA) is 80.9 Å². The van der Waals surface area contributed by atoms with E-state index >= 15 is 0 Å². The first-order valence-corrected chi connectivity index (χ1v) is 6.84. The molecule has 3 rings (SSSR count). The predicted molar refractivity (Wildman–Crippen MR) is 81.6 cm³/mol. The van der Waals surface area contributed by atoms with Crippen molar-refractivity contribution in [3.05, 3.63) is 36.4 Å². The third kappa shape index (κ3) is 2.46. The van der Waals surface area contributed by atoms with Crippen molar-refractivity contribution in [3.63, 3.8) is 0 Å². The number of nitrogens with two attached hydrogens (primary N) is 1. The van der Waals surface area contributed by atoms with Gasteiger partial charge in [0.2, 0.25) is 5.91 Å². The number of fused-ring (bicyclic) bond motifs is 1. The van der Waals surface area contributed by atoms with Crippen LogP contribution < -0.4 is 11.1 Å². The zero-order valence-corrected chi connectivity index (χ0v) is 11.6. The van der Waals surface area contributed by atoms with E-state index in [9.17, 15) is 4.79 Å². The molecule has 0 saturated heterocycles. The van der Waals surface area contributed by atoms with Crippen molar-refractivity contribution in [1.29, 1.82) is 0 Å². The molecule has 100 valence electrons. The van der Waals surface area contributed by atoms with Crippen molar-refractivity contribution < 1.29 is 4.79 Å². The molecule has 0 aliphatic carbocycles. The van der Waals surface area contributed by atoms with Crippen LogP contribution in [0.2, 0.25) is 0 Å². The number of rotatable bonds is 2. The number of carbonyl (C=O) groups excluding carboxylic acids is 1. The summed E-state index contributed by atoms with van der Waals surface area (Å²) in [7, 11) is 0. The largest absolute Gasteiger partial charge is 0.375 e. The molecule has 0 saturated carbocycles. The van der Waals surface area contributed by atoms with Crippen LogP contribution in [-0.2, 0) is 4.79 Å². The highest BCUT2D eigenvalue weighted by atomic mass is 32.1. The normalized spacial score (nSPS) is 10.7. The lowest BCUT2D eigenvalue weighted by Gasteiger charge is -2.04. The van der Waals surface area contributed by atoms with Gasteiger partial charge in [-0.05, 0) is 24.3 Å². The minimum atomic E-state index is -0.0857. The van der Waals surface area contributed by atoms with E-state index in [1.54, 1.807) is 0 Å². The quantitative estimate of drug-likeness (QED) is 0.758. The summed E-state index contributed by atoms with van der Waals surface area (Å²) in [5, 5.41) is 3.25. The van der Waals surface area contributed by atoms with Crippen molar-refractivity contribution in [2.75, 3.05) is 11.1 Å². The van der Waals surface area contributed by atoms with Gasteiger partial charge in [-0.1, -0.05) is 23.5 Å². The third-order valence-electron chi connectivity index (χ3n) is 2.77. The van der Waals surface area contributed by atoms with Crippen LogP contribution >= 0.6 is 11.3 Å². The molecule has 1 aromatic carbocycles. The van der Waals surface area contributed by atoms with Crippen LogP contribution in [0.25, 0.3) is 21.6 Å². The Bertz CT molecular complexity index is 779. The number of nitrogens with one attached hydrogen (secondary N) is 1. The lowest BCUT2D eigenvalue weighted by atomic mass is 10.1. The first-order valence-electron chi connectivity index (χ1n) is 6.03. The molecule has 0 unspecified atom stereocenters. The Morgan fingerprint density at radius 2 is 1.90 bits per heavy atom. The van der Waals surface area contributed by atoms with Crippen LogP contribution in [0.1, 0.15) is 6.92 Å². The minimum Gasteiger partial charge on any atom is -0.375 e. The zero-order valence-electron chi connectivity index (χ0n) is 10.8. The lowest BCUT2D eigenvalue weighted by Crippen LogP contribution is -2.05. The molecule has 0 aliphatic rings. The second-order valence-electron chi connectivity index (χ2n) is 4.33. The molecule has 0 aliphatic heterocycles. The van der Waals surface area contributed by atoms with Crippen molar-refractivity contribution in [2.45, 2.75) is 6.92 Å². The van der Waals surface area contributed by atoms with Crippen molar-refractivity contribution in [3.8, 4) is 11.3 Å². The standard InChI is InChI=1S/C14H12N4OS/c1-8(19)16-10-4-2-9(3-5-10)11-6-7-12-13(17-11)20-14(15)18-12/h2-7H,1H3,(H2,15,18)(H,16,19). The van der Waals surface area contributed by atoms with Crippen molar-refractivity contribution in [2.24, 2.45) is 0 Å². The first-order chi connectivity index (χ1) is 9.61. The number of amides is 1. The molecule has 1 amide bonds. The molecule has 0 atom stereocenters. The molecule has 0 bridgehead atoms. The van der Waals surface area contributed by atoms with Gasteiger partial charge in [0, 0.05) is 18.2 Å². The van der Waals surface area contributed by atoms with Gasteiger partial charge < -0.3 is 11.1 Å². The minimum absolute atomic E-state index is 0.0857. The van der Waals surface area contributed by atoms with E-state index in [1.165, 1.54) is 18.3 Å². The average molecular weight is 284 g/mol. The molecule has 0 spiro atoms. The molecule has 20 heavy (non-hydrogen) atoms. The maximum Gasteiger partial charge on any atom is 0.221 e. The Morgan fingerprint density at radius 3 is 2.60 bits per heavy atom. The Morgan fingerprint density at radius 1 is 1.15 bits per heavy atom. The molecular formula is C14H12N4OS. The van der Waals surface area contributed by atoms with E-state index in [1.807, 2.05) is 36.4 Å². The maximum atomic E-state index is 11.0. The molecular weight excluding hydrogens is 272 g/mol. The zero-order chi connectivity index (χ0) is 14.1. The van der Waals surface area contributed by atoms with Gasteiger partial charge in [-0.3, -0.25) is 4.79 Å². The molecule has 0 fully saturated rings. The van der Waals surface area contributed by atoms with Gasteiger partial charge in [0.25, 0.3) is 0 Å². The third-order valence-corrected chi connectivity index (χ3v) is 3.57. The predicted octanol–water partition coefficient (Wildman–Crippen LogP) is 2.90. The number of benzene rings is 1. The number of hydrogen-bond acceptors (Lipinski definition) is 5. The summed E-state index contributed by atoms with van der Waals surface area (Å²) < 4.78 is 0. The SMILES string of the molecule is CC(=O)Nc1ccc(-c2ccc3nc(N)sc3n2)cc1. The number of carbonyl (C=O) groups is 1. The average Bonchev–Trinajstić information content (AvgIpc) is 2.78. The molecule has 6 heteroatoms. The van der Waals surface area contributed by atoms with Gasteiger partial charge in [0.1, 0.15) is 10.3 Å². The van der Waals surface area contributed by atoms with E-state index in [0.717, 1.165) is 27.3 Å². The Hall–Kier alpha value is -2.47. The number of nitrogens with zero attached hydrogens (tertiary/aromatic N) is 2. The monoisotopic (exact) mass is 284 g/mol.